The van der Waals surface area contributed by atoms with E-state index in [9.17, 15) is 5.26 Å². The van der Waals surface area contributed by atoms with E-state index in [2.05, 4.69) is 44.5 Å². The largest absolute Gasteiger partial charge is 0.377 e. The van der Waals surface area contributed by atoms with E-state index >= 15 is 0 Å². The lowest BCUT2D eigenvalue weighted by atomic mass is 9.98. The van der Waals surface area contributed by atoms with Crippen LogP contribution in [0, 0.1) is 18.3 Å². The molecule has 2 saturated heterocycles. The van der Waals surface area contributed by atoms with Gasteiger partial charge in [-0.3, -0.25) is 4.98 Å². The molecule has 1 N–H and O–H groups in total. The molecule has 0 saturated carbocycles. The Labute approximate surface area is 175 Å². The fourth-order valence-electron chi connectivity index (χ4n) is 4.78. The molecule has 7 heteroatoms. The van der Waals surface area contributed by atoms with Crippen LogP contribution in [0.4, 0.5) is 11.5 Å². The predicted octanol–water partition coefficient (Wildman–Crippen LogP) is 3.75. The van der Waals surface area contributed by atoms with E-state index < -0.39 is 0 Å². The second kappa shape index (κ2) is 7.54. The van der Waals surface area contributed by atoms with Gasteiger partial charge in [0.1, 0.15) is 0 Å². The van der Waals surface area contributed by atoms with Crippen LogP contribution in [0.25, 0.3) is 10.9 Å². The van der Waals surface area contributed by atoms with Gasteiger partial charge in [-0.1, -0.05) is 12.1 Å². The molecule has 7 nitrogen and oxygen atoms in total. The number of fused-ring (bicyclic) bond motifs is 3. The van der Waals surface area contributed by atoms with Gasteiger partial charge in [0.2, 0.25) is 0 Å². The van der Waals surface area contributed by atoms with Crippen molar-refractivity contribution >= 4 is 22.4 Å². The molecule has 0 amide bonds. The second-order valence-corrected chi connectivity index (χ2v) is 8.15. The van der Waals surface area contributed by atoms with Crippen LogP contribution in [0.1, 0.15) is 42.5 Å². The maximum Gasteiger partial charge on any atom is 0.158 e. The van der Waals surface area contributed by atoms with E-state index in [0.29, 0.717) is 23.5 Å². The zero-order valence-electron chi connectivity index (χ0n) is 17.2. The Morgan fingerprint density at radius 1 is 1.23 bits per heavy atom. The van der Waals surface area contributed by atoms with E-state index in [1.165, 1.54) is 0 Å². The zero-order chi connectivity index (χ0) is 20.7. The van der Waals surface area contributed by atoms with Gasteiger partial charge in [0.25, 0.3) is 0 Å². The molecule has 5 rings (SSSR count). The molecular weight excluding hydrogens is 376 g/mol. The molecule has 1 aromatic carbocycles. The van der Waals surface area contributed by atoms with E-state index in [-0.39, 0.29) is 6.04 Å². The van der Waals surface area contributed by atoms with Crippen molar-refractivity contribution in [2.45, 2.75) is 44.8 Å². The summed E-state index contributed by atoms with van der Waals surface area (Å²) in [5.41, 5.74) is 4.67. The first kappa shape index (κ1) is 18.8. The summed E-state index contributed by atoms with van der Waals surface area (Å²) in [7, 11) is 0. The number of aromatic nitrogens is 3. The number of nitriles is 1. The van der Waals surface area contributed by atoms with Crippen molar-refractivity contribution in [1.82, 2.24) is 15.2 Å². The molecule has 2 fully saturated rings. The average molecular weight is 400 g/mol. The van der Waals surface area contributed by atoms with Crippen LogP contribution in [0.2, 0.25) is 0 Å². The third kappa shape index (κ3) is 3.14. The van der Waals surface area contributed by atoms with Gasteiger partial charge in [-0.05, 0) is 49.9 Å². The molecule has 3 atom stereocenters. The molecule has 0 radical (unpaired) electrons. The van der Waals surface area contributed by atoms with Crippen molar-refractivity contribution in [2.75, 3.05) is 23.4 Å². The van der Waals surface area contributed by atoms with Crippen LogP contribution in [0.15, 0.2) is 36.7 Å². The molecule has 152 valence electrons. The van der Waals surface area contributed by atoms with Gasteiger partial charge in [0.05, 0.1) is 66.6 Å². The number of anilines is 2. The van der Waals surface area contributed by atoms with Gasteiger partial charge < -0.3 is 15.0 Å². The number of rotatable bonds is 4. The van der Waals surface area contributed by atoms with Crippen LogP contribution in [0.5, 0.6) is 0 Å². The van der Waals surface area contributed by atoms with E-state index in [4.69, 9.17) is 4.74 Å². The van der Waals surface area contributed by atoms with Crippen molar-refractivity contribution in [2.24, 2.45) is 0 Å². The van der Waals surface area contributed by atoms with Gasteiger partial charge in [-0.2, -0.15) is 10.4 Å². The standard InChI is InChI=1S/C23H24N6O/c1-14-16(9-24)4-3-5-20(14)15(2)27-23-21-8-19(10-25-22(21)11-26-28-23)29-17-6-7-18(29)13-30-12-17/h3-5,8,10-11,15,17-18H,6-7,12-13H2,1-2H3,(H,27,28)/t15-,17?,18?/m1/s1. The Balaban J connectivity index is 1.50. The Kier molecular flexibility index (Phi) is 4.72. The molecule has 2 aliphatic heterocycles. The van der Waals surface area contributed by atoms with Crippen molar-refractivity contribution in [1.29, 1.82) is 5.26 Å². The first-order valence-corrected chi connectivity index (χ1v) is 10.4. The highest BCUT2D eigenvalue weighted by molar-refractivity contribution is 5.90. The van der Waals surface area contributed by atoms with Gasteiger partial charge in [-0.25, -0.2) is 0 Å². The molecule has 2 unspecified atom stereocenters. The molecule has 3 aromatic rings. The van der Waals surface area contributed by atoms with Crippen LogP contribution in [-0.4, -0.2) is 40.5 Å². The minimum absolute atomic E-state index is 0.0265. The Morgan fingerprint density at radius 3 is 2.80 bits per heavy atom. The van der Waals surface area contributed by atoms with Crippen LogP contribution < -0.4 is 10.2 Å². The normalized spacial score (nSPS) is 21.4. The SMILES string of the molecule is Cc1c(C#N)cccc1[C@@H](C)Nc1nncc2ncc(N3C4CCC3COC4)cc12. The number of benzene rings is 1. The van der Waals surface area contributed by atoms with Gasteiger partial charge in [-0.15, -0.1) is 5.10 Å². The lowest BCUT2D eigenvalue weighted by Gasteiger charge is -2.36. The summed E-state index contributed by atoms with van der Waals surface area (Å²) in [5, 5.41) is 22.3. The molecule has 30 heavy (non-hydrogen) atoms. The summed E-state index contributed by atoms with van der Waals surface area (Å²) in [4.78, 5) is 7.13. The van der Waals surface area contributed by atoms with Crippen LogP contribution >= 0.6 is 0 Å². The molecule has 2 bridgehead atoms. The Bertz CT molecular complexity index is 1120. The van der Waals surface area contributed by atoms with Crippen molar-refractivity contribution in [3.63, 3.8) is 0 Å². The van der Waals surface area contributed by atoms with Crippen molar-refractivity contribution in [3.8, 4) is 6.07 Å². The predicted molar refractivity (Wildman–Crippen MR) is 115 cm³/mol. The average Bonchev–Trinajstić information content (AvgIpc) is 3.02. The number of hydrogen-bond donors (Lipinski definition) is 1. The van der Waals surface area contributed by atoms with Crippen LogP contribution in [-0.2, 0) is 4.74 Å². The highest BCUT2D eigenvalue weighted by atomic mass is 16.5. The monoisotopic (exact) mass is 400 g/mol. The number of pyridine rings is 1. The Hall–Kier alpha value is -3.24. The quantitative estimate of drug-likeness (QED) is 0.714. The Morgan fingerprint density at radius 2 is 2.03 bits per heavy atom. The topological polar surface area (TPSA) is 87.0 Å². The third-order valence-electron chi connectivity index (χ3n) is 6.35. The van der Waals surface area contributed by atoms with E-state index in [1.807, 2.05) is 31.3 Å². The first-order valence-electron chi connectivity index (χ1n) is 10.4. The molecular formula is C23H24N6O. The molecule has 2 aliphatic rings. The summed E-state index contributed by atoms with van der Waals surface area (Å²) < 4.78 is 5.73. The van der Waals surface area contributed by atoms with Gasteiger partial charge >= 0.3 is 0 Å². The fraction of sp³-hybridized carbons (Fsp3) is 0.391. The lowest BCUT2D eigenvalue weighted by molar-refractivity contribution is 0.0906. The minimum Gasteiger partial charge on any atom is -0.377 e. The summed E-state index contributed by atoms with van der Waals surface area (Å²) in [6.45, 7) is 5.61. The van der Waals surface area contributed by atoms with Crippen molar-refractivity contribution < 1.29 is 4.74 Å². The highest BCUT2D eigenvalue weighted by Crippen LogP contribution is 2.36. The van der Waals surface area contributed by atoms with E-state index in [1.54, 1.807) is 6.20 Å². The summed E-state index contributed by atoms with van der Waals surface area (Å²) in [5.74, 6) is 0.705. The maximum absolute atomic E-state index is 9.34. The molecule has 2 aromatic heterocycles. The maximum atomic E-state index is 9.34. The number of hydrogen-bond acceptors (Lipinski definition) is 7. The minimum atomic E-state index is -0.0265. The molecule has 0 spiro atoms. The smallest absolute Gasteiger partial charge is 0.158 e. The zero-order valence-corrected chi connectivity index (χ0v) is 17.2. The summed E-state index contributed by atoms with van der Waals surface area (Å²) in [6, 6.07) is 11.0. The molecule has 4 heterocycles. The first-order chi connectivity index (χ1) is 14.7. The summed E-state index contributed by atoms with van der Waals surface area (Å²) >= 11 is 0. The van der Waals surface area contributed by atoms with Gasteiger partial charge in [0.15, 0.2) is 5.82 Å². The third-order valence-corrected chi connectivity index (χ3v) is 6.35. The number of nitrogens with one attached hydrogen (secondary N) is 1. The summed E-state index contributed by atoms with van der Waals surface area (Å²) in [6.07, 6.45) is 5.96. The second-order valence-electron chi connectivity index (χ2n) is 8.15. The fourth-order valence-corrected chi connectivity index (χ4v) is 4.78. The number of nitrogens with zero attached hydrogens (tertiary/aromatic N) is 5. The number of ether oxygens (including phenoxy) is 1. The number of morpholine rings is 1. The molecule has 0 aliphatic carbocycles. The van der Waals surface area contributed by atoms with Crippen LogP contribution in [0.3, 0.4) is 0 Å². The highest BCUT2D eigenvalue weighted by Gasteiger charge is 2.37. The van der Waals surface area contributed by atoms with E-state index in [0.717, 1.165) is 53.8 Å². The van der Waals surface area contributed by atoms with Crippen molar-refractivity contribution in [3.05, 3.63) is 53.3 Å². The lowest BCUT2D eigenvalue weighted by Crippen LogP contribution is -2.45. The van der Waals surface area contributed by atoms with Gasteiger partial charge in [0, 0.05) is 5.39 Å².